The number of nitrogens with one attached hydrogen (secondary N) is 2. The molecule has 0 amide bonds. The van der Waals surface area contributed by atoms with Gasteiger partial charge in [0.2, 0.25) is 6.35 Å². The summed E-state index contributed by atoms with van der Waals surface area (Å²) in [6.45, 7) is 0. The van der Waals surface area contributed by atoms with E-state index in [9.17, 15) is 5.11 Å². The van der Waals surface area contributed by atoms with Crippen molar-refractivity contribution in [1.82, 2.24) is 14.5 Å². The van der Waals surface area contributed by atoms with Crippen molar-refractivity contribution in [2.45, 2.75) is 25.6 Å². The van der Waals surface area contributed by atoms with E-state index in [1.54, 1.807) is 24.3 Å². The molecular weight excluding hydrogens is 390 g/mol. The highest BCUT2D eigenvalue weighted by molar-refractivity contribution is 5.91. The monoisotopic (exact) mass is 411 g/mol. The molecule has 1 aliphatic carbocycles. The Kier molecular flexibility index (Phi) is 4.65. The number of hydrogen-bond acceptors (Lipinski definition) is 7. The van der Waals surface area contributed by atoms with Gasteiger partial charge in [-0.05, 0) is 67.3 Å². The molecule has 0 bridgehead atoms. The SMILES string of the molecule is N#Cc1cccc(NC(O)Nc2ccc(-n3c4c(c5ncnc(N)c53)CCC4)cc2)c1. The standard InChI is InChI=1S/C23H21N7O/c24-12-14-3-1-4-16(11-14)29-23(31)28-15-7-9-17(10-8-15)30-19-6-2-5-18(19)20-21(30)22(25)27-13-26-20/h1,3-4,7-11,13,23,28-29,31H,2,5-6H2,(H2,25,26,27). The predicted octanol–water partition coefficient (Wildman–Crippen LogP) is 3.16. The lowest BCUT2D eigenvalue weighted by Crippen LogP contribution is -2.27. The Morgan fingerprint density at radius 2 is 1.87 bits per heavy atom. The highest BCUT2D eigenvalue weighted by atomic mass is 16.3. The molecule has 2 heterocycles. The van der Waals surface area contributed by atoms with Crippen molar-refractivity contribution in [3.8, 4) is 11.8 Å². The van der Waals surface area contributed by atoms with Gasteiger partial charge in [-0.3, -0.25) is 0 Å². The lowest BCUT2D eigenvalue weighted by Gasteiger charge is -2.18. The van der Waals surface area contributed by atoms with Crippen LogP contribution in [0.2, 0.25) is 0 Å². The summed E-state index contributed by atoms with van der Waals surface area (Å²) < 4.78 is 2.15. The number of rotatable bonds is 5. The third-order valence-corrected chi connectivity index (χ3v) is 5.54. The minimum Gasteiger partial charge on any atom is -0.382 e. The molecule has 0 spiro atoms. The van der Waals surface area contributed by atoms with Crippen LogP contribution >= 0.6 is 0 Å². The van der Waals surface area contributed by atoms with E-state index < -0.39 is 6.35 Å². The molecule has 8 nitrogen and oxygen atoms in total. The number of nitriles is 1. The number of fused-ring (bicyclic) bond motifs is 3. The molecule has 2 aromatic carbocycles. The van der Waals surface area contributed by atoms with Crippen LogP contribution in [0.5, 0.6) is 0 Å². The van der Waals surface area contributed by atoms with Crippen molar-refractivity contribution >= 4 is 28.2 Å². The zero-order valence-electron chi connectivity index (χ0n) is 16.7. The molecule has 0 saturated carbocycles. The van der Waals surface area contributed by atoms with Crippen LogP contribution in [-0.4, -0.2) is 26.0 Å². The van der Waals surface area contributed by atoms with Crippen LogP contribution in [0.3, 0.4) is 0 Å². The van der Waals surface area contributed by atoms with Crippen molar-refractivity contribution in [2.75, 3.05) is 16.4 Å². The summed E-state index contributed by atoms with van der Waals surface area (Å²) in [6, 6.07) is 16.8. The normalized spacial score (nSPS) is 13.5. The van der Waals surface area contributed by atoms with Crippen molar-refractivity contribution < 1.29 is 5.11 Å². The second-order valence-corrected chi connectivity index (χ2v) is 7.50. The molecule has 8 heteroatoms. The Labute approximate surface area is 179 Å². The maximum Gasteiger partial charge on any atom is 0.202 e. The highest BCUT2D eigenvalue weighted by Gasteiger charge is 2.25. The fourth-order valence-corrected chi connectivity index (χ4v) is 4.22. The van der Waals surface area contributed by atoms with E-state index in [4.69, 9.17) is 11.0 Å². The van der Waals surface area contributed by atoms with Gasteiger partial charge in [0, 0.05) is 22.8 Å². The van der Waals surface area contributed by atoms with Crippen LogP contribution in [0.1, 0.15) is 23.2 Å². The molecule has 0 aliphatic heterocycles. The molecule has 0 fully saturated rings. The van der Waals surface area contributed by atoms with Gasteiger partial charge in [0.15, 0.2) is 5.82 Å². The Bertz CT molecular complexity index is 1300. The second kappa shape index (κ2) is 7.63. The number of benzene rings is 2. The Morgan fingerprint density at radius 3 is 2.68 bits per heavy atom. The molecule has 4 aromatic rings. The lowest BCUT2D eigenvalue weighted by atomic mass is 10.2. The molecule has 2 aromatic heterocycles. The van der Waals surface area contributed by atoms with E-state index >= 15 is 0 Å². The topological polar surface area (TPSA) is 125 Å². The van der Waals surface area contributed by atoms with Crippen LogP contribution in [0.25, 0.3) is 16.7 Å². The van der Waals surface area contributed by atoms with Crippen LogP contribution in [0.15, 0.2) is 54.9 Å². The highest BCUT2D eigenvalue weighted by Crippen LogP contribution is 2.36. The first-order chi connectivity index (χ1) is 15.1. The molecule has 0 radical (unpaired) electrons. The van der Waals surface area contributed by atoms with Crippen LogP contribution in [0.4, 0.5) is 17.2 Å². The van der Waals surface area contributed by atoms with E-state index in [0.717, 1.165) is 41.7 Å². The summed E-state index contributed by atoms with van der Waals surface area (Å²) in [6.07, 6.45) is 3.60. The van der Waals surface area contributed by atoms with Gasteiger partial charge < -0.3 is 26.0 Å². The third kappa shape index (κ3) is 3.41. The summed E-state index contributed by atoms with van der Waals surface area (Å²) in [4.78, 5) is 8.67. The number of anilines is 3. The van der Waals surface area contributed by atoms with E-state index in [2.05, 4.69) is 31.2 Å². The quantitative estimate of drug-likeness (QED) is 0.372. The zero-order chi connectivity index (χ0) is 21.4. The molecule has 0 saturated heterocycles. The van der Waals surface area contributed by atoms with Gasteiger partial charge >= 0.3 is 0 Å². The number of nitrogen functional groups attached to an aromatic ring is 1. The lowest BCUT2D eigenvalue weighted by molar-refractivity contribution is 0.233. The van der Waals surface area contributed by atoms with Crippen molar-refractivity contribution in [3.63, 3.8) is 0 Å². The minimum atomic E-state index is -1.01. The van der Waals surface area contributed by atoms with Gasteiger partial charge in [-0.2, -0.15) is 5.26 Å². The number of hydrogen-bond donors (Lipinski definition) is 4. The van der Waals surface area contributed by atoms with E-state index in [1.807, 2.05) is 24.3 Å². The second-order valence-electron chi connectivity index (χ2n) is 7.50. The Hall–Kier alpha value is -4.09. The van der Waals surface area contributed by atoms with Gasteiger partial charge in [0.1, 0.15) is 11.8 Å². The third-order valence-electron chi connectivity index (χ3n) is 5.54. The summed E-state index contributed by atoms with van der Waals surface area (Å²) >= 11 is 0. The van der Waals surface area contributed by atoms with Crippen molar-refractivity contribution in [2.24, 2.45) is 0 Å². The molecular formula is C23H21N7O. The molecule has 1 atom stereocenters. The first-order valence-corrected chi connectivity index (χ1v) is 10.1. The zero-order valence-corrected chi connectivity index (χ0v) is 16.7. The number of aryl methyl sites for hydroxylation is 1. The fraction of sp³-hybridized carbons (Fsp3) is 0.174. The van der Waals surface area contributed by atoms with Crippen molar-refractivity contribution in [1.29, 1.82) is 5.26 Å². The maximum atomic E-state index is 10.3. The smallest absolute Gasteiger partial charge is 0.202 e. The van der Waals surface area contributed by atoms with Gasteiger partial charge in [-0.15, -0.1) is 0 Å². The Morgan fingerprint density at radius 1 is 1.06 bits per heavy atom. The van der Waals surface area contributed by atoms with E-state index in [-0.39, 0.29) is 0 Å². The van der Waals surface area contributed by atoms with Gasteiger partial charge in [-0.25, -0.2) is 9.97 Å². The summed E-state index contributed by atoms with van der Waals surface area (Å²) in [5.41, 5.74) is 13.4. The van der Waals surface area contributed by atoms with Crippen LogP contribution in [-0.2, 0) is 12.8 Å². The van der Waals surface area contributed by atoms with Crippen molar-refractivity contribution in [3.05, 3.63) is 71.7 Å². The maximum absolute atomic E-state index is 10.3. The minimum absolute atomic E-state index is 0.473. The van der Waals surface area contributed by atoms with Gasteiger partial charge in [0.25, 0.3) is 0 Å². The average Bonchev–Trinajstić information content (AvgIpc) is 3.36. The largest absolute Gasteiger partial charge is 0.382 e. The van der Waals surface area contributed by atoms with E-state index in [1.165, 1.54) is 17.6 Å². The summed E-state index contributed by atoms with van der Waals surface area (Å²) in [5.74, 6) is 0.473. The van der Waals surface area contributed by atoms with Crippen LogP contribution < -0.4 is 16.4 Å². The predicted molar refractivity (Wildman–Crippen MR) is 120 cm³/mol. The van der Waals surface area contributed by atoms with Gasteiger partial charge in [0.05, 0.1) is 17.1 Å². The number of nitrogens with zero attached hydrogens (tertiary/aromatic N) is 4. The first kappa shape index (κ1) is 18.9. The summed E-state index contributed by atoms with van der Waals surface area (Å²) in [7, 11) is 0. The van der Waals surface area contributed by atoms with Gasteiger partial charge in [-0.1, -0.05) is 6.07 Å². The molecule has 5 N–H and O–H groups in total. The molecule has 1 aliphatic rings. The summed E-state index contributed by atoms with van der Waals surface area (Å²) in [5, 5.41) is 25.3. The van der Waals surface area contributed by atoms with Crippen LogP contribution in [0, 0.1) is 11.3 Å². The first-order valence-electron chi connectivity index (χ1n) is 10.1. The molecule has 31 heavy (non-hydrogen) atoms. The average molecular weight is 411 g/mol. The van der Waals surface area contributed by atoms with E-state index in [0.29, 0.717) is 17.1 Å². The molecule has 154 valence electrons. The molecule has 1 unspecified atom stereocenters. The number of aliphatic hydroxyl groups excluding tert-OH is 1. The molecule has 5 rings (SSSR count). The number of aliphatic hydroxyl groups is 1. The number of aromatic nitrogens is 3. The number of nitrogens with two attached hydrogens (primary N) is 1. The fourth-order valence-electron chi connectivity index (χ4n) is 4.22. The Balaban J connectivity index is 1.39.